The van der Waals surface area contributed by atoms with E-state index in [0.29, 0.717) is 13.2 Å². The number of hydrogen-bond donors (Lipinski definition) is 3. The Morgan fingerprint density at radius 3 is 2.29 bits per heavy atom. The summed E-state index contributed by atoms with van der Waals surface area (Å²) >= 11 is 0. The van der Waals surface area contributed by atoms with Gasteiger partial charge in [0.15, 0.2) is 0 Å². The van der Waals surface area contributed by atoms with E-state index in [9.17, 15) is 10.2 Å². The molecule has 4 nitrogen and oxygen atoms in total. The van der Waals surface area contributed by atoms with Crippen LogP contribution < -0.4 is 5.32 Å². The largest absolute Gasteiger partial charge is 0.650 e. The topological polar surface area (TPSA) is 66.6 Å². The molecule has 1 radical (unpaired) electrons. The van der Waals surface area contributed by atoms with Gasteiger partial charge in [-0.1, -0.05) is 65.0 Å². The third-order valence-corrected chi connectivity index (χ3v) is 3.88. The van der Waals surface area contributed by atoms with Crippen molar-refractivity contribution in [2.45, 2.75) is 65.6 Å². The summed E-state index contributed by atoms with van der Waals surface area (Å²) in [5.41, 5.74) is 1.53. The van der Waals surface area contributed by atoms with Crippen LogP contribution in [0.15, 0.2) is 24.3 Å². The fourth-order valence-electron chi connectivity index (χ4n) is 2.46. The number of aliphatic hydroxyl groups is 2. The monoisotopic (exact) mass is 412 g/mol. The van der Waals surface area contributed by atoms with Crippen LogP contribution in [0.4, 0.5) is 0 Å². The summed E-state index contributed by atoms with van der Waals surface area (Å²) < 4.78 is 0. The fourth-order valence-corrected chi connectivity index (χ4v) is 2.46. The van der Waals surface area contributed by atoms with Crippen LogP contribution in [0.2, 0.25) is 0 Å². The van der Waals surface area contributed by atoms with Crippen LogP contribution in [0.5, 0.6) is 0 Å². The summed E-state index contributed by atoms with van der Waals surface area (Å²) in [5, 5.41) is 27.2. The van der Waals surface area contributed by atoms with Crippen molar-refractivity contribution in [2.24, 2.45) is 0 Å². The molecule has 0 amide bonds. The van der Waals surface area contributed by atoms with E-state index in [1.807, 2.05) is 45.0 Å². The number of benzene rings is 1. The molecule has 24 heavy (non-hydrogen) atoms. The van der Waals surface area contributed by atoms with Crippen LogP contribution in [0, 0.1) is 0 Å². The first-order valence-electron chi connectivity index (χ1n) is 8.89. The molecule has 1 unspecified atom stereocenters. The van der Waals surface area contributed by atoms with Gasteiger partial charge in [-0.15, -0.1) is 6.54 Å². The van der Waals surface area contributed by atoms with Crippen molar-refractivity contribution in [3.8, 4) is 0 Å². The first kappa shape index (κ1) is 26.4. The van der Waals surface area contributed by atoms with Crippen LogP contribution in [0.25, 0.3) is 5.32 Å². The smallest absolute Gasteiger partial charge is 0.0768 e. The Labute approximate surface area is 173 Å². The molecule has 0 bridgehead atoms. The molecule has 137 valence electrons. The Morgan fingerprint density at radius 2 is 1.75 bits per heavy atom. The van der Waals surface area contributed by atoms with Gasteiger partial charge in [-0.25, -0.2) is 0 Å². The summed E-state index contributed by atoms with van der Waals surface area (Å²) in [7, 11) is 0. The van der Waals surface area contributed by atoms with Gasteiger partial charge in [-0.05, 0) is 30.4 Å². The zero-order valence-corrected chi connectivity index (χ0v) is 18.7. The third-order valence-electron chi connectivity index (χ3n) is 3.88. The molecule has 1 rings (SSSR count). The van der Waals surface area contributed by atoms with Crippen molar-refractivity contribution >= 4 is 0 Å². The number of nitrogens with zero attached hydrogens (tertiary/aromatic N) is 1. The van der Waals surface area contributed by atoms with Crippen molar-refractivity contribution in [3.63, 3.8) is 0 Å². The molecule has 0 aliphatic carbocycles. The van der Waals surface area contributed by atoms with Gasteiger partial charge in [0.1, 0.15) is 0 Å². The molecule has 1 atom stereocenters. The molecule has 0 heterocycles. The van der Waals surface area contributed by atoms with E-state index < -0.39 is 5.60 Å². The second-order valence-electron chi connectivity index (χ2n) is 5.54. The maximum absolute atomic E-state index is 10.3. The van der Waals surface area contributed by atoms with Gasteiger partial charge in [0.05, 0.1) is 12.2 Å². The maximum atomic E-state index is 10.3. The van der Waals surface area contributed by atoms with Gasteiger partial charge in [0.25, 0.3) is 0 Å². The first-order valence-corrected chi connectivity index (χ1v) is 8.89. The minimum atomic E-state index is -0.603. The minimum absolute atomic E-state index is 0. The van der Waals surface area contributed by atoms with Crippen molar-refractivity contribution in [1.29, 1.82) is 0 Å². The zero-order valence-electron chi connectivity index (χ0n) is 15.9. The Kier molecular flexibility index (Phi) is 18.3. The van der Waals surface area contributed by atoms with Crippen LogP contribution in [0.1, 0.15) is 58.1 Å². The second kappa shape index (κ2) is 16.6. The summed E-state index contributed by atoms with van der Waals surface area (Å²) in [6.45, 7) is 10.1. The predicted molar refractivity (Wildman–Crippen MR) is 98.7 cm³/mol. The number of aliphatic hydroxyl groups excluding tert-OH is 1. The quantitative estimate of drug-likeness (QED) is 0.487. The van der Waals surface area contributed by atoms with Gasteiger partial charge in [0, 0.05) is 39.3 Å². The molecule has 0 fully saturated rings. The van der Waals surface area contributed by atoms with Crippen molar-refractivity contribution in [3.05, 3.63) is 40.7 Å². The average molecular weight is 412 g/mol. The Balaban J connectivity index is 0. The van der Waals surface area contributed by atoms with Crippen molar-refractivity contribution < 1.29 is 42.9 Å². The molecule has 0 aliphatic heterocycles. The number of rotatable bonds is 11. The van der Waals surface area contributed by atoms with E-state index >= 15 is 0 Å². The average Bonchev–Trinajstić information content (AvgIpc) is 2.60. The molecule has 0 spiro atoms. The molecule has 0 aromatic heterocycles. The fraction of sp³-hybridized carbons (Fsp3) is 0.684. The first-order chi connectivity index (χ1) is 11.1. The van der Waals surface area contributed by atoms with Crippen LogP contribution in [-0.4, -0.2) is 35.6 Å². The summed E-state index contributed by atoms with van der Waals surface area (Å²) in [5.74, 6) is 0. The summed E-state index contributed by atoms with van der Waals surface area (Å²) in [6.07, 6.45) is 3.41. The molecule has 0 saturated carbocycles. The Morgan fingerprint density at radius 1 is 1.12 bits per heavy atom. The Hall–Kier alpha value is 0.164. The van der Waals surface area contributed by atoms with Gasteiger partial charge < -0.3 is 20.8 Å². The molecule has 5 heteroatoms. The van der Waals surface area contributed by atoms with Crippen LogP contribution in [-0.2, 0) is 45.7 Å². The van der Waals surface area contributed by atoms with Crippen molar-refractivity contribution in [1.82, 2.24) is 5.32 Å². The third kappa shape index (κ3) is 10.9. The normalized spacial score (nSPS) is 12.6. The van der Waals surface area contributed by atoms with E-state index in [1.165, 1.54) is 0 Å². The zero-order chi connectivity index (χ0) is 17.6. The molecule has 0 saturated heterocycles. The Bertz CT molecular complexity index is 405. The predicted octanol–water partition coefficient (Wildman–Crippen LogP) is 3.61. The van der Waals surface area contributed by atoms with Gasteiger partial charge in [0.2, 0.25) is 0 Å². The number of nitrogens with one attached hydrogen (secondary N) is 1. The molecular formula is C19H35N2O2Y-. The molecular weight excluding hydrogens is 377 g/mol. The van der Waals surface area contributed by atoms with Gasteiger partial charge >= 0.3 is 0 Å². The minimum Gasteiger partial charge on any atom is -0.650 e. The van der Waals surface area contributed by atoms with Crippen LogP contribution >= 0.6 is 0 Å². The van der Waals surface area contributed by atoms with Gasteiger partial charge in [-0.2, -0.15) is 0 Å². The molecule has 0 aliphatic rings. The molecule has 1 aromatic carbocycles. The van der Waals surface area contributed by atoms with E-state index in [0.717, 1.165) is 43.4 Å². The summed E-state index contributed by atoms with van der Waals surface area (Å²) in [6, 6.07) is 7.90. The van der Waals surface area contributed by atoms with E-state index in [-0.39, 0.29) is 39.3 Å². The molecule has 3 N–H and O–H groups in total. The van der Waals surface area contributed by atoms with Crippen molar-refractivity contribution in [2.75, 3.05) is 19.8 Å². The summed E-state index contributed by atoms with van der Waals surface area (Å²) in [4.78, 5) is 0. The van der Waals surface area contributed by atoms with Gasteiger partial charge in [-0.3, -0.25) is 0 Å². The number of hydrogen-bond acceptors (Lipinski definition) is 3. The van der Waals surface area contributed by atoms with Crippen LogP contribution in [0.3, 0.4) is 0 Å². The van der Waals surface area contributed by atoms with E-state index in [1.54, 1.807) is 0 Å². The van der Waals surface area contributed by atoms with E-state index in [2.05, 4.69) is 17.6 Å². The van der Waals surface area contributed by atoms with E-state index in [4.69, 9.17) is 0 Å². The maximum Gasteiger partial charge on any atom is 0.0768 e. The standard InChI is InChI=1S/C17H29N2O2.C2H6.Y/c1-3-10-17(21,4-2)13-19-14-18-11-9-15-7-5-6-8-16(15)12-20;1-2;/h5-8,19-21H,3-4,9-14H2,1-2H3;1-2H3;/q-1;;. The SMILES string of the molecule is CC.CCCC(O)(CC)CNC[N-]CCc1ccccc1CO.[Y]. The second-order valence-corrected chi connectivity index (χ2v) is 5.54. The molecule has 1 aromatic rings.